The Morgan fingerprint density at radius 1 is 1.24 bits per heavy atom. The molecule has 112 valence electrons. The van der Waals surface area contributed by atoms with Crippen molar-refractivity contribution in [3.05, 3.63) is 46.7 Å². The molecular formula is C16H19NO3S. The van der Waals surface area contributed by atoms with Crippen LogP contribution in [-0.4, -0.2) is 25.7 Å². The maximum atomic E-state index is 11.8. The number of hydrogen-bond donors (Lipinski definition) is 1. The summed E-state index contributed by atoms with van der Waals surface area (Å²) in [5.41, 5.74) is 0. The average molecular weight is 305 g/mol. The van der Waals surface area contributed by atoms with Gasteiger partial charge in [-0.25, -0.2) is 0 Å². The van der Waals surface area contributed by atoms with Gasteiger partial charge < -0.3 is 14.8 Å². The van der Waals surface area contributed by atoms with Crippen LogP contribution in [0.25, 0.3) is 0 Å². The number of thiophene rings is 1. The van der Waals surface area contributed by atoms with Crippen LogP contribution in [0.2, 0.25) is 0 Å². The van der Waals surface area contributed by atoms with Crippen molar-refractivity contribution in [3.8, 4) is 11.5 Å². The van der Waals surface area contributed by atoms with Gasteiger partial charge in [0.15, 0.2) is 11.5 Å². The molecule has 0 aliphatic heterocycles. The second-order valence-electron chi connectivity index (χ2n) is 4.64. The summed E-state index contributed by atoms with van der Waals surface area (Å²) in [4.78, 5) is 12.9. The van der Waals surface area contributed by atoms with Crippen molar-refractivity contribution in [1.29, 1.82) is 0 Å². The topological polar surface area (TPSA) is 47.6 Å². The van der Waals surface area contributed by atoms with Crippen molar-refractivity contribution < 1.29 is 14.3 Å². The molecule has 0 radical (unpaired) electrons. The highest BCUT2D eigenvalue weighted by Crippen LogP contribution is 2.26. The Balaban J connectivity index is 1.79. The third kappa shape index (κ3) is 4.79. The lowest BCUT2D eigenvalue weighted by molar-refractivity contribution is -0.120. The fourth-order valence-electron chi connectivity index (χ4n) is 1.87. The van der Waals surface area contributed by atoms with Gasteiger partial charge in [0.2, 0.25) is 5.91 Å². The zero-order valence-corrected chi connectivity index (χ0v) is 13.0. The van der Waals surface area contributed by atoms with Gasteiger partial charge in [0.05, 0.1) is 20.1 Å². The molecule has 0 aliphatic rings. The fourth-order valence-corrected chi connectivity index (χ4v) is 2.57. The predicted molar refractivity (Wildman–Crippen MR) is 84.1 cm³/mol. The number of rotatable bonds is 7. The Morgan fingerprint density at radius 2 is 2.00 bits per heavy atom. The summed E-state index contributed by atoms with van der Waals surface area (Å²) < 4.78 is 11.0. The minimum atomic E-state index is -0.131. The summed E-state index contributed by atoms with van der Waals surface area (Å²) in [7, 11) is 1.61. The SMILES string of the molecule is COc1ccccc1OC(C)CNC(=O)Cc1cccs1. The monoisotopic (exact) mass is 305 g/mol. The van der Waals surface area contributed by atoms with Gasteiger partial charge in [0, 0.05) is 4.88 Å². The molecule has 1 N–H and O–H groups in total. The van der Waals surface area contributed by atoms with Gasteiger partial charge >= 0.3 is 0 Å². The van der Waals surface area contributed by atoms with Crippen molar-refractivity contribution in [1.82, 2.24) is 5.32 Å². The molecule has 0 fully saturated rings. The molecule has 0 saturated heterocycles. The van der Waals surface area contributed by atoms with Gasteiger partial charge in [-0.15, -0.1) is 11.3 Å². The van der Waals surface area contributed by atoms with E-state index in [4.69, 9.17) is 9.47 Å². The predicted octanol–water partition coefficient (Wildman–Crippen LogP) is 2.88. The average Bonchev–Trinajstić information content (AvgIpc) is 2.98. The molecule has 1 heterocycles. The van der Waals surface area contributed by atoms with E-state index < -0.39 is 0 Å². The van der Waals surface area contributed by atoms with Crippen molar-refractivity contribution in [2.24, 2.45) is 0 Å². The van der Waals surface area contributed by atoms with E-state index in [9.17, 15) is 4.79 Å². The first-order valence-corrected chi connectivity index (χ1v) is 7.65. The van der Waals surface area contributed by atoms with E-state index in [1.165, 1.54) is 0 Å². The molecule has 0 spiro atoms. The highest BCUT2D eigenvalue weighted by molar-refractivity contribution is 7.10. The maximum Gasteiger partial charge on any atom is 0.225 e. The zero-order chi connectivity index (χ0) is 15.1. The van der Waals surface area contributed by atoms with Crippen LogP contribution >= 0.6 is 11.3 Å². The van der Waals surface area contributed by atoms with Crippen LogP contribution in [-0.2, 0) is 11.2 Å². The third-order valence-electron chi connectivity index (χ3n) is 2.90. The second kappa shape index (κ2) is 7.69. The van der Waals surface area contributed by atoms with Crippen molar-refractivity contribution in [3.63, 3.8) is 0 Å². The highest BCUT2D eigenvalue weighted by Gasteiger charge is 2.10. The molecule has 1 amide bonds. The smallest absolute Gasteiger partial charge is 0.225 e. The van der Waals surface area contributed by atoms with Crippen LogP contribution < -0.4 is 14.8 Å². The van der Waals surface area contributed by atoms with Crippen LogP contribution in [0.15, 0.2) is 41.8 Å². The quantitative estimate of drug-likeness (QED) is 0.855. The number of amides is 1. The summed E-state index contributed by atoms with van der Waals surface area (Å²) in [6, 6.07) is 11.4. The number of hydrogen-bond acceptors (Lipinski definition) is 4. The van der Waals surface area contributed by atoms with Gasteiger partial charge in [-0.05, 0) is 30.5 Å². The van der Waals surface area contributed by atoms with E-state index in [-0.39, 0.29) is 12.0 Å². The summed E-state index contributed by atoms with van der Waals surface area (Å²) in [5.74, 6) is 1.38. The van der Waals surface area contributed by atoms with E-state index in [2.05, 4.69) is 5.32 Å². The Labute approximate surface area is 128 Å². The van der Waals surface area contributed by atoms with Crippen LogP contribution in [0.5, 0.6) is 11.5 Å². The first kappa shape index (κ1) is 15.4. The minimum absolute atomic E-state index is 0.00734. The molecule has 5 heteroatoms. The number of carbonyl (C=O) groups excluding carboxylic acids is 1. The number of ether oxygens (including phenoxy) is 2. The molecule has 1 aromatic carbocycles. The standard InChI is InChI=1S/C16H19NO3S/c1-12(20-15-8-4-3-7-14(15)19-2)11-17-16(18)10-13-6-5-9-21-13/h3-9,12H,10-11H2,1-2H3,(H,17,18). The molecular weight excluding hydrogens is 286 g/mol. The van der Waals surface area contributed by atoms with Crippen molar-refractivity contribution in [2.75, 3.05) is 13.7 Å². The van der Waals surface area contributed by atoms with E-state index in [0.29, 0.717) is 24.5 Å². The molecule has 2 rings (SSSR count). The lowest BCUT2D eigenvalue weighted by Crippen LogP contribution is -2.34. The molecule has 0 bridgehead atoms. The molecule has 1 unspecified atom stereocenters. The fraction of sp³-hybridized carbons (Fsp3) is 0.312. The molecule has 0 aliphatic carbocycles. The minimum Gasteiger partial charge on any atom is -0.493 e. The Morgan fingerprint density at radius 3 is 2.67 bits per heavy atom. The maximum absolute atomic E-state index is 11.8. The largest absolute Gasteiger partial charge is 0.493 e. The van der Waals surface area contributed by atoms with Crippen LogP contribution in [0.4, 0.5) is 0 Å². The van der Waals surface area contributed by atoms with Gasteiger partial charge in [-0.2, -0.15) is 0 Å². The van der Waals surface area contributed by atoms with Gasteiger partial charge in [-0.3, -0.25) is 4.79 Å². The van der Waals surface area contributed by atoms with E-state index >= 15 is 0 Å². The highest BCUT2D eigenvalue weighted by atomic mass is 32.1. The molecule has 21 heavy (non-hydrogen) atoms. The van der Waals surface area contributed by atoms with Crippen molar-refractivity contribution >= 4 is 17.2 Å². The number of carbonyl (C=O) groups is 1. The Bertz CT molecular complexity index is 569. The van der Waals surface area contributed by atoms with Gasteiger partial charge in [-0.1, -0.05) is 18.2 Å². The van der Waals surface area contributed by atoms with E-state index in [1.807, 2.05) is 48.7 Å². The number of para-hydroxylation sites is 2. The molecule has 4 nitrogen and oxygen atoms in total. The van der Waals surface area contributed by atoms with E-state index in [1.54, 1.807) is 18.4 Å². The molecule has 1 atom stereocenters. The summed E-state index contributed by atoms with van der Waals surface area (Å²) >= 11 is 1.58. The molecule has 2 aromatic rings. The first-order valence-electron chi connectivity index (χ1n) is 6.78. The van der Waals surface area contributed by atoms with Crippen molar-refractivity contribution in [2.45, 2.75) is 19.4 Å². The van der Waals surface area contributed by atoms with Gasteiger partial charge in [0.1, 0.15) is 6.10 Å². The first-order chi connectivity index (χ1) is 10.2. The summed E-state index contributed by atoms with van der Waals surface area (Å²) in [5, 5.41) is 4.85. The lowest BCUT2D eigenvalue weighted by atomic mass is 10.3. The zero-order valence-electron chi connectivity index (χ0n) is 12.2. The number of nitrogens with one attached hydrogen (secondary N) is 1. The summed E-state index contributed by atoms with van der Waals surface area (Å²) in [6.07, 6.45) is 0.285. The Kier molecular flexibility index (Phi) is 5.63. The summed E-state index contributed by atoms with van der Waals surface area (Å²) in [6.45, 7) is 2.38. The molecule has 0 saturated carbocycles. The van der Waals surface area contributed by atoms with Gasteiger partial charge in [0.25, 0.3) is 0 Å². The molecule has 1 aromatic heterocycles. The third-order valence-corrected chi connectivity index (χ3v) is 3.78. The normalized spacial score (nSPS) is 11.7. The van der Waals surface area contributed by atoms with Crippen LogP contribution in [0, 0.1) is 0 Å². The number of methoxy groups -OCH3 is 1. The Hall–Kier alpha value is -2.01. The van der Waals surface area contributed by atoms with E-state index in [0.717, 1.165) is 4.88 Å². The number of benzene rings is 1. The second-order valence-corrected chi connectivity index (χ2v) is 5.67. The van der Waals surface area contributed by atoms with Crippen LogP contribution in [0.1, 0.15) is 11.8 Å². The lowest BCUT2D eigenvalue weighted by Gasteiger charge is -2.17. The van der Waals surface area contributed by atoms with Crippen LogP contribution in [0.3, 0.4) is 0 Å².